The largest absolute Gasteiger partial charge is 0.378 e. The monoisotopic (exact) mass is 361 g/mol. The minimum atomic E-state index is 0.424. The van der Waals surface area contributed by atoms with Gasteiger partial charge in [-0.05, 0) is 35.0 Å². The van der Waals surface area contributed by atoms with Crippen LogP contribution in [0.1, 0.15) is 12.6 Å². The van der Waals surface area contributed by atoms with E-state index in [1.54, 1.807) is 7.11 Å². The molecule has 102 valence electrons. The SMILES string of the molecule is CCNc1nc(-c2ccc(Cl)s2)nc(COC)c1Br. The smallest absolute Gasteiger partial charge is 0.172 e. The fraction of sp³-hybridized carbons (Fsp3) is 0.333. The Kier molecular flexibility index (Phi) is 5.15. The number of aromatic nitrogens is 2. The van der Waals surface area contributed by atoms with Gasteiger partial charge in [-0.3, -0.25) is 0 Å². The van der Waals surface area contributed by atoms with E-state index in [1.165, 1.54) is 11.3 Å². The maximum absolute atomic E-state index is 5.96. The van der Waals surface area contributed by atoms with E-state index in [-0.39, 0.29) is 0 Å². The zero-order valence-corrected chi connectivity index (χ0v) is 13.7. The molecule has 0 bridgehead atoms. The molecule has 4 nitrogen and oxygen atoms in total. The van der Waals surface area contributed by atoms with E-state index in [9.17, 15) is 0 Å². The molecule has 0 aliphatic rings. The lowest BCUT2D eigenvalue weighted by Gasteiger charge is -2.11. The molecule has 2 rings (SSSR count). The lowest BCUT2D eigenvalue weighted by atomic mass is 10.3. The van der Waals surface area contributed by atoms with Crippen molar-refractivity contribution in [3.05, 3.63) is 26.6 Å². The summed E-state index contributed by atoms with van der Waals surface area (Å²) < 4.78 is 6.73. The molecule has 2 heterocycles. The molecular formula is C12H13BrClN3OS. The lowest BCUT2D eigenvalue weighted by Crippen LogP contribution is -2.06. The maximum Gasteiger partial charge on any atom is 0.172 e. The Balaban J connectivity index is 2.48. The summed E-state index contributed by atoms with van der Waals surface area (Å²) in [6, 6.07) is 3.76. The van der Waals surface area contributed by atoms with Crippen LogP contribution in [0.15, 0.2) is 16.6 Å². The van der Waals surface area contributed by atoms with Gasteiger partial charge in [-0.25, -0.2) is 9.97 Å². The zero-order chi connectivity index (χ0) is 13.8. The Morgan fingerprint density at radius 3 is 2.79 bits per heavy atom. The third-order valence-corrected chi connectivity index (χ3v) is 4.40. The van der Waals surface area contributed by atoms with Crippen molar-refractivity contribution in [2.75, 3.05) is 19.0 Å². The van der Waals surface area contributed by atoms with E-state index in [4.69, 9.17) is 16.3 Å². The first kappa shape index (κ1) is 14.7. The molecule has 0 saturated heterocycles. The summed E-state index contributed by atoms with van der Waals surface area (Å²) in [5.74, 6) is 1.42. The summed E-state index contributed by atoms with van der Waals surface area (Å²) in [6.07, 6.45) is 0. The Hall–Kier alpha value is -0.690. The molecule has 0 amide bonds. The average molecular weight is 363 g/mol. The predicted molar refractivity (Wildman–Crippen MR) is 82.9 cm³/mol. The average Bonchev–Trinajstić information content (AvgIpc) is 2.81. The van der Waals surface area contributed by atoms with Crippen molar-refractivity contribution < 1.29 is 4.74 Å². The fourth-order valence-electron chi connectivity index (χ4n) is 1.56. The highest BCUT2D eigenvalue weighted by Crippen LogP contribution is 2.32. The maximum atomic E-state index is 5.96. The van der Waals surface area contributed by atoms with Gasteiger partial charge in [-0.2, -0.15) is 0 Å². The molecule has 1 N–H and O–H groups in total. The molecule has 0 aromatic carbocycles. The molecule has 19 heavy (non-hydrogen) atoms. The quantitative estimate of drug-likeness (QED) is 0.866. The molecule has 0 saturated carbocycles. The number of ether oxygens (including phenoxy) is 1. The van der Waals surface area contributed by atoms with Crippen molar-refractivity contribution in [2.24, 2.45) is 0 Å². The normalized spacial score (nSPS) is 10.7. The van der Waals surface area contributed by atoms with Gasteiger partial charge >= 0.3 is 0 Å². The number of rotatable bonds is 5. The van der Waals surface area contributed by atoms with Gasteiger partial charge in [-0.1, -0.05) is 11.6 Å². The van der Waals surface area contributed by atoms with E-state index in [0.717, 1.165) is 31.7 Å². The van der Waals surface area contributed by atoms with Gasteiger partial charge in [0, 0.05) is 13.7 Å². The third-order valence-electron chi connectivity index (χ3n) is 2.34. The van der Waals surface area contributed by atoms with Crippen LogP contribution >= 0.6 is 38.9 Å². The third kappa shape index (κ3) is 3.45. The Morgan fingerprint density at radius 1 is 1.42 bits per heavy atom. The van der Waals surface area contributed by atoms with E-state index in [0.29, 0.717) is 12.4 Å². The van der Waals surface area contributed by atoms with Crippen molar-refractivity contribution in [3.63, 3.8) is 0 Å². The first-order valence-corrected chi connectivity index (χ1v) is 7.69. The minimum absolute atomic E-state index is 0.424. The highest BCUT2D eigenvalue weighted by Gasteiger charge is 2.14. The number of nitrogens with zero attached hydrogens (tertiary/aromatic N) is 2. The van der Waals surface area contributed by atoms with Crippen LogP contribution in [0.2, 0.25) is 4.34 Å². The van der Waals surface area contributed by atoms with Crippen LogP contribution in [0.5, 0.6) is 0 Å². The summed E-state index contributed by atoms with van der Waals surface area (Å²) in [5, 5.41) is 3.21. The number of anilines is 1. The Bertz CT molecular complexity index is 549. The topological polar surface area (TPSA) is 47.0 Å². The summed E-state index contributed by atoms with van der Waals surface area (Å²) in [6.45, 7) is 3.23. The number of thiophene rings is 1. The first-order chi connectivity index (χ1) is 9.15. The fourth-order valence-corrected chi connectivity index (χ4v) is 2.96. The van der Waals surface area contributed by atoms with Gasteiger partial charge in [0.1, 0.15) is 5.82 Å². The predicted octanol–water partition coefficient (Wildman–Crippen LogP) is 4.20. The molecule has 0 spiro atoms. The zero-order valence-electron chi connectivity index (χ0n) is 10.5. The van der Waals surface area contributed by atoms with Crippen LogP contribution in [0.3, 0.4) is 0 Å². The van der Waals surface area contributed by atoms with E-state index < -0.39 is 0 Å². The number of halogens is 2. The van der Waals surface area contributed by atoms with Crippen LogP contribution in [-0.2, 0) is 11.3 Å². The Labute approximate surface area is 129 Å². The Morgan fingerprint density at radius 2 is 2.21 bits per heavy atom. The van der Waals surface area contributed by atoms with Gasteiger partial charge in [-0.15, -0.1) is 11.3 Å². The second-order valence-corrected chi connectivity index (χ2v) is 6.23. The van der Waals surface area contributed by atoms with Gasteiger partial charge in [0.25, 0.3) is 0 Å². The standard InChI is InChI=1S/C12H13BrClN3OS/c1-3-15-12-10(13)7(6-18-2)16-11(17-12)8-4-5-9(14)19-8/h4-5H,3,6H2,1-2H3,(H,15,16,17). The van der Waals surface area contributed by atoms with Crippen LogP contribution < -0.4 is 5.32 Å². The molecule has 0 aliphatic carbocycles. The summed E-state index contributed by atoms with van der Waals surface area (Å²) in [4.78, 5) is 9.97. The second kappa shape index (κ2) is 6.65. The minimum Gasteiger partial charge on any atom is -0.378 e. The van der Waals surface area contributed by atoms with Crippen molar-refractivity contribution in [2.45, 2.75) is 13.5 Å². The molecule has 0 unspecified atom stereocenters. The molecule has 2 aromatic rings. The van der Waals surface area contributed by atoms with Crippen LogP contribution in [0.4, 0.5) is 5.82 Å². The summed E-state index contributed by atoms with van der Waals surface area (Å²) in [5.41, 5.74) is 0.813. The summed E-state index contributed by atoms with van der Waals surface area (Å²) >= 11 is 10.9. The van der Waals surface area contributed by atoms with Gasteiger partial charge < -0.3 is 10.1 Å². The molecule has 0 aliphatic heterocycles. The number of methoxy groups -OCH3 is 1. The van der Waals surface area contributed by atoms with E-state index >= 15 is 0 Å². The highest BCUT2D eigenvalue weighted by molar-refractivity contribution is 9.10. The van der Waals surface area contributed by atoms with E-state index in [2.05, 4.69) is 31.2 Å². The highest BCUT2D eigenvalue weighted by atomic mass is 79.9. The van der Waals surface area contributed by atoms with Crippen molar-refractivity contribution >= 4 is 44.7 Å². The lowest BCUT2D eigenvalue weighted by molar-refractivity contribution is 0.181. The molecule has 0 atom stereocenters. The molecule has 7 heteroatoms. The van der Waals surface area contributed by atoms with Gasteiger partial charge in [0.05, 0.1) is 26.0 Å². The van der Waals surface area contributed by atoms with Crippen LogP contribution in [-0.4, -0.2) is 23.6 Å². The molecule has 0 radical (unpaired) electrons. The number of nitrogens with one attached hydrogen (secondary N) is 1. The van der Waals surface area contributed by atoms with Crippen molar-refractivity contribution in [3.8, 4) is 10.7 Å². The van der Waals surface area contributed by atoms with Crippen molar-refractivity contribution in [1.82, 2.24) is 9.97 Å². The summed E-state index contributed by atoms with van der Waals surface area (Å²) in [7, 11) is 1.64. The van der Waals surface area contributed by atoms with Crippen molar-refractivity contribution in [1.29, 1.82) is 0 Å². The first-order valence-electron chi connectivity index (χ1n) is 5.70. The van der Waals surface area contributed by atoms with Gasteiger partial charge in [0.15, 0.2) is 5.82 Å². The molecule has 0 fully saturated rings. The van der Waals surface area contributed by atoms with Crippen LogP contribution in [0.25, 0.3) is 10.7 Å². The van der Waals surface area contributed by atoms with Gasteiger partial charge in [0.2, 0.25) is 0 Å². The number of hydrogen-bond acceptors (Lipinski definition) is 5. The number of hydrogen-bond donors (Lipinski definition) is 1. The van der Waals surface area contributed by atoms with Crippen LogP contribution in [0, 0.1) is 0 Å². The molecule has 2 aromatic heterocycles. The van der Waals surface area contributed by atoms with E-state index in [1.807, 2.05) is 19.1 Å². The second-order valence-electron chi connectivity index (χ2n) is 3.72. The molecular weight excluding hydrogens is 350 g/mol.